The zero-order valence-electron chi connectivity index (χ0n) is 18.3. The predicted molar refractivity (Wildman–Crippen MR) is 123 cm³/mol. The summed E-state index contributed by atoms with van der Waals surface area (Å²) in [6.45, 7) is -2.30. The van der Waals surface area contributed by atoms with Crippen LogP contribution in [0.15, 0.2) is 77.9 Å². The lowest BCUT2D eigenvalue weighted by Gasteiger charge is -2.11. The van der Waals surface area contributed by atoms with Gasteiger partial charge in [-0.3, -0.25) is 13.9 Å². The third-order valence-corrected chi connectivity index (χ3v) is 5.30. The normalized spacial score (nSPS) is 12.6. The van der Waals surface area contributed by atoms with Gasteiger partial charge in [-0.2, -0.15) is 0 Å². The van der Waals surface area contributed by atoms with Gasteiger partial charge in [0.05, 0.1) is 19.2 Å². The number of aliphatic hydroxyl groups is 1. The Hall–Kier alpha value is -4.37. The van der Waals surface area contributed by atoms with E-state index in [1.165, 1.54) is 18.3 Å². The summed E-state index contributed by atoms with van der Waals surface area (Å²) in [5, 5.41) is 9.42. The van der Waals surface area contributed by atoms with Crippen LogP contribution in [-0.2, 0) is 13.4 Å². The Labute approximate surface area is 188 Å². The monoisotopic (exact) mass is 443 g/mol. The summed E-state index contributed by atoms with van der Waals surface area (Å²) < 4.78 is 23.4. The van der Waals surface area contributed by atoms with E-state index < -0.39 is 12.3 Å². The molecule has 33 heavy (non-hydrogen) atoms. The van der Waals surface area contributed by atoms with Crippen molar-refractivity contribution >= 4 is 17.0 Å². The number of nitrogens with two attached hydrogens (primary N) is 1. The number of alkyl halides is 1. The third kappa shape index (κ3) is 3.64. The minimum atomic E-state index is -2.22. The first kappa shape index (κ1) is 19.3. The molecular formula is C24H19FN6O2. The van der Waals surface area contributed by atoms with Crippen LogP contribution in [0.5, 0.6) is 0 Å². The number of aliphatic hydroxyl groups excluding tert-OH is 1. The molecule has 9 heteroatoms. The maximum Gasteiger partial charge on any atom is 0.252 e. The van der Waals surface area contributed by atoms with E-state index in [0.29, 0.717) is 44.2 Å². The van der Waals surface area contributed by atoms with Crippen LogP contribution in [0.4, 0.5) is 10.2 Å². The van der Waals surface area contributed by atoms with Gasteiger partial charge in [-0.1, -0.05) is 12.1 Å². The summed E-state index contributed by atoms with van der Waals surface area (Å²) in [5.41, 5.74) is 9.68. The molecule has 0 spiro atoms. The Bertz CT molecular complexity index is 1560. The molecule has 0 fully saturated rings. The van der Waals surface area contributed by atoms with Gasteiger partial charge in [0.1, 0.15) is 11.3 Å². The van der Waals surface area contributed by atoms with Crippen LogP contribution < -0.4 is 11.3 Å². The van der Waals surface area contributed by atoms with E-state index in [4.69, 9.17) is 17.1 Å². The molecule has 0 radical (unpaired) electrons. The molecule has 8 nitrogen and oxygen atoms in total. The summed E-state index contributed by atoms with van der Waals surface area (Å²) in [6.07, 6.45) is 2.86. The molecule has 0 aliphatic carbocycles. The smallest absolute Gasteiger partial charge is 0.252 e. The molecule has 164 valence electrons. The molecule has 5 aromatic rings. The van der Waals surface area contributed by atoms with E-state index in [2.05, 4.69) is 4.98 Å². The summed E-state index contributed by atoms with van der Waals surface area (Å²) >= 11 is 0. The number of anilines is 1. The van der Waals surface area contributed by atoms with Gasteiger partial charge in [-0.25, -0.2) is 19.3 Å². The topological polar surface area (TPSA) is 112 Å². The number of halogens is 1. The predicted octanol–water partition coefficient (Wildman–Crippen LogP) is 3.31. The van der Waals surface area contributed by atoms with Gasteiger partial charge >= 0.3 is 0 Å². The van der Waals surface area contributed by atoms with Crippen molar-refractivity contribution in [1.29, 1.82) is 0 Å². The van der Waals surface area contributed by atoms with Gasteiger partial charge in [-0.05, 0) is 48.0 Å². The first-order chi connectivity index (χ1) is 16.5. The highest BCUT2D eigenvalue weighted by molar-refractivity contribution is 5.84. The molecule has 0 saturated heterocycles. The van der Waals surface area contributed by atoms with Crippen molar-refractivity contribution in [2.75, 3.05) is 5.73 Å². The van der Waals surface area contributed by atoms with Crippen LogP contribution in [0.1, 0.15) is 6.93 Å². The summed E-state index contributed by atoms with van der Waals surface area (Å²) in [5.74, 6) is 0.838. The molecule has 1 unspecified atom stereocenters. The van der Waals surface area contributed by atoms with E-state index in [0.717, 1.165) is 11.3 Å². The van der Waals surface area contributed by atoms with Gasteiger partial charge < -0.3 is 10.8 Å². The van der Waals surface area contributed by atoms with Crippen molar-refractivity contribution in [2.45, 2.75) is 13.4 Å². The average molecular weight is 443 g/mol. The largest absolute Gasteiger partial charge is 0.392 e. The molecule has 3 N–H and O–H groups in total. The molecule has 0 aliphatic rings. The van der Waals surface area contributed by atoms with Crippen LogP contribution in [0, 0.1) is 0 Å². The number of nitrogens with zero attached hydrogens (tertiary/aromatic N) is 5. The Balaban J connectivity index is 1.76. The summed E-state index contributed by atoms with van der Waals surface area (Å²) in [6, 6.07) is 17.1. The van der Waals surface area contributed by atoms with Gasteiger partial charge in [-0.15, -0.1) is 0 Å². The van der Waals surface area contributed by atoms with E-state index in [9.17, 15) is 14.3 Å². The fourth-order valence-corrected chi connectivity index (χ4v) is 3.63. The number of nitrogen functional groups attached to an aromatic ring is 1. The maximum absolute atomic E-state index is 13.6. The van der Waals surface area contributed by atoms with Crippen LogP contribution in [0.3, 0.4) is 0 Å². The molecule has 0 bridgehead atoms. The number of benzene rings is 1. The lowest BCUT2D eigenvalue weighted by atomic mass is 10.2. The Morgan fingerprint density at radius 1 is 1.06 bits per heavy atom. The zero-order chi connectivity index (χ0) is 23.8. The number of hydrogen-bond donors (Lipinski definition) is 2. The first-order valence-electron chi connectivity index (χ1n) is 10.6. The van der Waals surface area contributed by atoms with Crippen LogP contribution >= 0.6 is 0 Å². The second-order valence-corrected chi connectivity index (χ2v) is 7.33. The van der Waals surface area contributed by atoms with Crippen molar-refractivity contribution in [3.8, 4) is 28.3 Å². The van der Waals surface area contributed by atoms with Crippen LogP contribution in [0.25, 0.3) is 39.5 Å². The fourth-order valence-electron chi connectivity index (χ4n) is 3.63. The van der Waals surface area contributed by atoms with Crippen molar-refractivity contribution in [2.24, 2.45) is 0 Å². The van der Waals surface area contributed by atoms with Crippen molar-refractivity contribution < 1.29 is 10.9 Å². The molecule has 0 saturated carbocycles. The lowest BCUT2D eigenvalue weighted by Crippen LogP contribution is -2.16. The number of fused-ring (bicyclic) bond motifs is 1. The number of aromatic nitrogens is 5. The average Bonchev–Trinajstić information content (AvgIpc) is 3.23. The Morgan fingerprint density at radius 3 is 2.61 bits per heavy atom. The van der Waals surface area contributed by atoms with Crippen molar-refractivity contribution in [3.05, 3.63) is 89.0 Å². The molecular weight excluding hydrogens is 423 g/mol. The zero-order valence-corrected chi connectivity index (χ0v) is 17.3. The Kier molecular flexibility index (Phi) is 4.85. The van der Waals surface area contributed by atoms with E-state index in [1.54, 1.807) is 36.5 Å². The quantitative estimate of drug-likeness (QED) is 0.431. The fraction of sp³-hybridized carbons (Fsp3) is 0.0833. The van der Waals surface area contributed by atoms with Gasteiger partial charge in [0.25, 0.3) is 5.56 Å². The van der Waals surface area contributed by atoms with Gasteiger partial charge in [0.2, 0.25) is 0 Å². The Morgan fingerprint density at radius 2 is 1.88 bits per heavy atom. The van der Waals surface area contributed by atoms with Crippen LogP contribution in [-0.4, -0.2) is 29.2 Å². The molecule has 4 aromatic heterocycles. The lowest BCUT2D eigenvalue weighted by molar-refractivity contribution is 0.282. The number of rotatable bonds is 5. The highest BCUT2D eigenvalue weighted by Crippen LogP contribution is 2.31. The van der Waals surface area contributed by atoms with E-state index in [-0.39, 0.29) is 6.61 Å². The molecule has 1 atom stereocenters. The highest BCUT2D eigenvalue weighted by Gasteiger charge is 2.18. The third-order valence-electron chi connectivity index (χ3n) is 5.30. The number of hydrogen-bond acceptors (Lipinski definition) is 6. The molecule has 0 aliphatic heterocycles. The summed E-state index contributed by atoms with van der Waals surface area (Å²) in [4.78, 5) is 25.6. The van der Waals surface area contributed by atoms with Crippen molar-refractivity contribution in [3.63, 3.8) is 0 Å². The second-order valence-electron chi connectivity index (χ2n) is 7.33. The molecule has 5 rings (SSSR count). The SMILES string of the molecule is [2H]C(F)n1cc(-c2ccc3nc(-c4cccnc4N)n(-c4ccc(CO)cc4)c3n2)ccc1=O. The minimum Gasteiger partial charge on any atom is -0.392 e. The van der Waals surface area contributed by atoms with Crippen LogP contribution in [0.2, 0.25) is 0 Å². The second kappa shape index (κ2) is 8.29. The minimum absolute atomic E-state index is 0.0863. The van der Waals surface area contributed by atoms with Gasteiger partial charge in [0.15, 0.2) is 18.2 Å². The van der Waals surface area contributed by atoms with Gasteiger partial charge in [0, 0.05) is 29.7 Å². The number of pyridine rings is 3. The standard InChI is InChI=1S/C24H19FN6O2/c25-14-30-12-16(5-10-21(30)33)19-8-9-20-24(28-19)31(17-6-3-15(13-32)4-7-17)23(29-20)18-2-1-11-27-22(18)26/h1-12,32H,13-14H2,(H2,26,27)/i14D. The first-order valence-corrected chi connectivity index (χ1v) is 10.1. The van der Waals surface area contributed by atoms with E-state index >= 15 is 0 Å². The van der Waals surface area contributed by atoms with E-state index in [1.807, 2.05) is 22.8 Å². The maximum atomic E-state index is 13.6. The summed E-state index contributed by atoms with van der Waals surface area (Å²) in [7, 11) is 0. The molecule has 0 amide bonds. The highest BCUT2D eigenvalue weighted by atomic mass is 19.1. The van der Waals surface area contributed by atoms with Crippen molar-refractivity contribution in [1.82, 2.24) is 24.1 Å². The molecule has 1 aromatic carbocycles. The number of imidazole rings is 1. The molecule has 4 heterocycles.